The van der Waals surface area contributed by atoms with Crippen LogP contribution in [-0.4, -0.2) is 47.2 Å². The van der Waals surface area contributed by atoms with E-state index in [1.807, 2.05) is 49.4 Å². The molecular weight excluding hydrogens is 516 g/mol. The van der Waals surface area contributed by atoms with Crippen LogP contribution in [-0.2, 0) is 39.2 Å². The Balaban J connectivity index is 1.21. The van der Waals surface area contributed by atoms with Crippen LogP contribution in [0.1, 0.15) is 47.6 Å². The molecule has 0 radical (unpaired) electrons. The van der Waals surface area contributed by atoms with Crippen LogP contribution in [0.4, 0.5) is 11.5 Å². The van der Waals surface area contributed by atoms with Crippen LogP contribution in [0.5, 0.6) is 0 Å². The van der Waals surface area contributed by atoms with Gasteiger partial charge in [0.15, 0.2) is 0 Å². The summed E-state index contributed by atoms with van der Waals surface area (Å²) in [7, 11) is 0. The minimum absolute atomic E-state index is 0.0498. The van der Waals surface area contributed by atoms with Gasteiger partial charge in [-0.05, 0) is 79.7 Å². The normalized spacial score (nSPS) is 20.0. The molecule has 41 heavy (non-hydrogen) atoms. The lowest BCUT2D eigenvalue weighted by Crippen LogP contribution is -2.49. The minimum atomic E-state index is -0.684. The monoisotopic (exact) mass is 548 g/mol. The van der Waals surface area contributed by atoms with E-state index in [4.69, 9.17) is 0 Å². The number of benzene rings is 2. The van der Waals surface area contributed by atoms with Crippen LogP contribution in [0, 0.1) is 16.7 Å². The zero-order valence-electron chi connectivity index (χ0n) is 23.0. The summed E-state index contributed by atoms with van der Waals surface area (Å²) < 4.78 is 0. The first-order valence-electron chi connectivity index (χ1n) is 14.0. The Morgan fingerprint density at radius 2 is 1.85 bits per heavy atom. The van der Waals surface area contributed by atoms with Crippen molar-refractivity contribution in [1.82, 2.24) is 15.2 Å². The fourth-order valence-corrected chi connectivity index (χ4v) is 6.47. The predicted octanol–water partition coefficient (Wildman–Crippen LogP) is 3.30. The molecule has 1 atom stereocenters. The predicted molar refractivity (Wildman–Crippen MR) is 154 cm³/mol. The molecule has 2 aliphatic heterocycles. The van der Waals surface area contributed by atoms with Crippen molar-refractivity contribution in [3.05, 3.63) is 88.6 Å². The summed E-state index contributed by atoms with van der Waals surface area (Å²) in [5.41, 5.74) is 3.53. The molecular formula is C32H32N6O3. The van der Waals surface area contributed by atoms with E-state index < -0.39 is 10.8 Å². The molecule has 1 spiro atoms. The van der Waals surface area contributed by atoms with E-state index in [0.717, 1.165) is 29.8 Å². The summed E-state index contributed by atoms with van der Waals surface area (Å²) in [6.45, 7) is 3.48. The molecule has 3 aromatic rings. The molecule has 3 N–H and O–H groups in total. The van der Waals surface area contributed by atoms with Crippen molar-refractivity contribution < 1.29 is 14.4 Å². The SMILES string of the molecule is CC1(C(=O)N(CC(=O)Nc2ccc3c(c2)C[C@@]2(C3)C(=O)Nc3ncccc32)Cc2ccccc2C#N)CCNCC1. The number of rotatable bonds is 6. The molecule has 1 aliphatic carbocycles. The van der Waals surface area contributed by atoms with Gasteiger partial charge in [0, 0.05) is 29.4 Å². The molecule has 1 aromatic heterocycles. The van der Waals surface area contributed by atoms with Gasteiger partial charge in [0.1, 0.15) is 12.4 Å². The van der Waals surface area contributed by atoms with E-state index in [-0.39, 0.29) is 30.8 Å². The number of fused-ring (bicyclic) bond motifs is 3. The van der Waals surface area contributed by atoms with Crippen LogP contribution in [0.25, 0.3) is 0 Å². The highest BCUT2D eigenvalue weighted by molar-refractivity contribution is 6.06. The van der Waals surface area contributed by atoms with E-state index in [2.05, 4.69) is 27.0 Å². The first-order chi connectivity index (χ1) is 19.8. The van der Waals surface area contributed by atoms with Gasteiger partial charge < -0.3 is 20.9 Å². The first-order valence-corrected chi connectivity index (χ1v) is 14.0. The van der Waals surface area contributed by atoms with E-state index in [1.165, 1.54) is 0 Å². The summed E-state index contributed by atoms with van der Waals surface area (Å²) in [4.78, 5) is 46.1. The molecule has 0 unspecified atom stereocenters. The maximum Gasteiger partial charge on any atom is 0.244 e. The highest BCUT2D eigenvalue weighted by Gasteiger charge is 2.51. The third kappa shape index (κ3) is 4.85. The zero-order valence-corrected chi connectivity index (χ0v) is 23.0. The molecule has 3 amide bonds. The number of amides is 3. The van der Waals surface area contributed by atoms with Crippen molar-refractivity contribution in [2.75, 3.05) is 30.3 Å². The van der Waals surface area contributed by atoms with Crippen molar-refractivity contribution in [1.29, 1.82) is 5.26 Å². The Kier molecular flexibility index (Phi) is 6.80. The second kappa shape index (κ2) is 10.5. The highest BCUT2D eigenvalue weighted by Crippen LogP contribution is 2.47. The van der Waals surface area contributed by atoms with Crippen molar-refractivity contribution in [2.45, 2.75) is 44.6 Å². The van der Waals surface area contributed by atoms with Crippen LogP contribution in [0.2, 0.25) is 0 Å². The van der Waals surface area contributed by atoms with E-state index in [1.54, 1.807) is 23.2 Å². The summed E-state index contributed by atoms with van der Waals surface area (Å²) in [6.07, 6.45) is 4.14. The van der Waals surface area contributed by atoms with Crippen LogP contribution < -0.4 is 16.0 Å². The largest absolute Gasteiger partial charge is 0.329 e. The maximum absolute atomic E-state index is 13.8. The molecule has 3 aliphatic rings. The molecule has 0 bridgehead atoms. The smallest absolute Gasteiger partial charge is 0.244 e. The van der Waals surface area contributed by atoms with E-state index in [0.29, 0.717) is 48.3 Å². The number of aromatic nitrogens is 1. The zero-order chi connectivity index (χ0) is 28.6. The van der Waals surface area contributed by atoms with Gasteiger partial charge in [-0.25, -0.2) is 4.98 Å². The van der Waals surface area contributed by atoms with E-state index in [9.17, 15) is 19.6 Å². The molecule has 208 valence electrons. The average Bonchev–Trinajstić information content (AvgIpc) is 3.49. The van der Waals surface area contributed by atoms with Crippen LogP contribution in [0.15, 0.2) is 60.8 Å². The number of piperidine rings is 1. The summed E-state index contributed by atoms with van der Waals surface area (Å²) in [5.74, 6) is 0.165. The number of hydrogen-bond acceptors (Lipinski definition) is 6. The summed E-state index contributed by atoms with van der Waals surface area (Å²) >= 11 is 0. The topological polar surface area (TPSA) is 127 Å². The standard InChI is InChI=1S/C32H32N6O3/c1-31(10-13-34-14-11-31)30(41)38(19-23-6-3-2-5-22(23)18-33)20-27(39)36-25-9-8-21-16-32(17-24(21)15-25)26-7-4-12-35-28(26)37-29(32)40/h2-9,12,15,34H,10-11,13-14,16-17,19-20H2,1H3,(H,36,39)(H,35,37,40)/t32-/m1/s1. The van der Waals surface area contributed by atoms with Gasteiger partial charge in [-0.3, -0.25) is 14.4 Å². The van der Waals surface area contributed by atoms with E-state index >= 15 is 0 Å². The fourth-order valence-electron chi connectivity index (χ4n) is 6.47. The third-order valence-corrected chi connectivity index (χ3v) is 8.81. The lowest BCUT2D eigenvalue weighted by atomic mass is 9.79. The Morgan fingerprint density at radius 3 is 2.66 bits per heavy atom. The number of nitrogens with zero attached hydrogens (tertiary/aromatic N) is 3. The molecule has 9 heteroatoms. The molecule has 3 heterocycles. The molecule has 1 fully saturated rings. The molecule has 1 saturated heterocycles. The third-order valence-electron chi connectivity index (χ3n) is 8.81. The number of carbonyl (C=O) groups is 3. The number of nitrogens with one attached hydrogen (secondary N) is 3. The number of anilines is 2. The van der Waals surface area contributed by atoms with Gasteiger partial charge in [-0.1, -0.05) is 37.3 Å². The number of hydrogen-bond donors (Lipinski definition) is 3. The van der Waals surface area contributed by atoms with Crippen LogP contribution in [0.3, 0.4) is 0 Å². The Hall–Kier alpha value is -4.55. The van der Waals surface area contributed by atoms with Crippen LogP contribution >= 0.6 is 0 Å². The van der Waals surface area contributed by atoms with Crippen molar-refractivity contribution in [2.24, 2.45) is 5.41 Å². The summed E-state index contributed by atoms with van der Waals surface area (Å²) in [5, 5.41) is 18.8. The molecule has 6 rings (SSSR count). The quantitative estimate of drug-likeness (QED) is 0.434. The van der Waals surface area contributed by atoms with Gasteiger partial charge in [-0.2, -0.15) is 5.26 Å². The minimum Gasteiger partial charge on any atom is -0.329 e. The Bertz CT molecular complexity index is 1590. The first kappa shape index (κ1) is 26.7. The van der Waals surface area contributed by atoms with Crippen molar-refractivity contribution in [3.63, 3.8) is 0 Å². The number of pyridine rings is 1. The second-order valence-electron chi connectivity index (χ2n) is 11.6. The lowest BCUT2D eigenvalue weighted by Gasteiger charge is -2.37. The number of carbonyl (C=O) groups excluding carboxylic acids is 3. The van der Waals surface area contributed by atoms with Gasteiger partial charge in [-0.15, -0.1) is 0 Å². The highest BCUT2D eigenvalue weighted by atomic mass is 16.2. The van der Waals surface area contributed by atoms with Crippen molar-refractivity contribution >= 4 is 29.2 Å². The molecule has 0 saturated carbocycles. The average molecular weight is 549 g/mol. The lowest BCUT2D eigenvalue weighted by molar-refractivity contribution is -0.145. The maximum atomic E-state index is 13.8. The second-order valence-corrected chi connectivity index (χ2v) is 11.6. The van der Waals surface area contributed by atoms with Gasteiger partial charge >= 0.3 is 0 Å². The molecule has 9 nitrogen and oxygen atoms in total. The number of nitriles is 1. The molecule has 2 aromatic carbocycles. The van der Waals surface area contributed by atoms with Gasteiger partial charge in [0.05, 0.1) is 17.0 Å². The van der Waals surface area contributed by atoms with Crippen molar-refractivity contribution in [3.8, 4) is 6.07 Å². The summed E-state index contributed by atoms with van der Waals surface area (Å²) in [6, 6.07) is 18.9. The Labute approximate surface area is 239 Å². The Morgan fingerprint density at radius 1 is 1.07 bits per heavy atom. The van der Waals surface area contributed by atoms with Gasteiger partial charge in [0.2, 0.25) is 17.7 Å². The van der Waals surface area contributed by atoms with Gasteiger partial charge in [0.25, 0.3) is 0 Å². The fraction of sp³-hybridized carbons (Fsp3) is 0.344.